The quantitative estimate of drug-likeness (QED) is 0.785. The molecule has 3 heteroatoms. The third kappa shape index (κ3) is 2.43. The van der Waals surface area contributed by atoms with Gasteiger partial charge in [0.15, 0.2) is 0 Å². The molecule has 0 saturated heterocycles. The minimum Gasteiger partial charge on any atom is -0.344 e. The Morgan fingerprint density at radius 3 is 2.65 bits per heavy atom. The van der Waals surface area contributed by atoms with Gasteiger partial charge >= 0.3 is 0 Å². The monoisotopic (exact) mass is 223 g/mol. The van der Waals surface area contributed by atoms with Gasteiger partial charge in [0.25, 0.3) is 0 Å². The Morgan fingerprint density at radius 1 is 1.18 bits per heavy atom. The van der Waals surface area contributed by atoms with Crippen molar-refractivity contribution in [2.75, 3.05) is 11.9 Å². The molecular formula is C14H13N3. The van der Waals surface area contributed by atoms with Crippen molar-refractivity contribution in [3.63, 3.8) is 0 Å². The van der Waals surface area contributed by atoms with Gasteiger partial charge in [0.05, 0.1) is 11.6 Å². The van der Waals surface area contributed by atoms with Crippen LogP contribution in [0.1, 0.15) is 11.3 Å². The number of hydrogen-bond acceptors (Lipinski definition) is 3. The zero-order valence-corrected chi connectivity index (χ0v) is 9.88. The van der Waals surface area contributed by atoms with E-state index >= 15 is 0 Å². The van der Waals surface area contributed by atoms with Gasteiger partial charge in [-0.05, 0) is 37.3 Å². The van der Waals surface area contributed by atoms with E-state index in [2.05, 4.69) is 11.1 Å². The van der Waals surface area contributed by atoms with E-state index in [0.717, 1.165) is 17.1 Å². The molecule has 1 aromatic heterocycles. The highest BCUT2D eigenvalue weighted by atomic mass is 15.1. The molecule has 0 bridgehead atoms. The molecule has 0 fully saturated rings. The van der Waals surface area contributed by atoms with E-state index < -0.39 is 0 Å². The van der Waals surface area contributed by atoms with E-state index in [9.17, 15) is 0 Å². The zero-order valence-electron chi connectivity index (χ0n) is 9.88. The van der Waals surface area contributed by atoms with Crippen LogP contribution in [0, 0.1) is 18.3 Å². The van der Waals surface area contributed by atoms with E-state index in [1.54, 1.807) is 12.3 Å². The Kier molecular flexibility index (Phi) is 3.06. The first kappa shape index (κ1) is 11.2. The van der Waals surface area contributed by atoms with E-state index in [0.29, 0.717) is 5.56 Å². The van der Waals surface area contributed by atoms with E-state index in [-0.39, 0.29) is 0 Å². The Labute approximate surface area is 101 Å². The van der Waals surface area contributed by atoms with Crippen molar-refractivity contribution >= 4 is 11.4 Å². The molecule has 3 nitrogen and oxygen atoms in total. The summed E-state index contributed by atoms with van der Waals surface area (Å²) in [5.74, 6) is 0. The van der Waals surface area contributed by atoms with Crippen LogP contribution in [0.5, 0.6) is 0 Å². The average Bonchev–Trinajstić information content (AvgIpc) is 2.38. The molecule has 0 N–H and O–H groups in total. The second-order valence-corrected chi connectivity index (χ2v) is 3.88. The number of nitriles is 1. The summed E-state index contributed by atoms with van der Waals surface area (Å²) in [4.78, 5) is 6.21. The molecule has 0 amide bonds. The Hall–Kier alpha value is -2.34. The molecule has 17 heavy (non-hydrogen) atoms. The number of aryl methyl sites for hydroxylation is 1. The van der Waals surface area contributed by atoms with Crippen molar-refractivity contribution in [2.45, 2.75) is 6.92 Å². The van der Waals surface area contributed by atoms with E-state index in [4.69, 9.17) is 5.26 Å². The van der Waals surface area contributed by atoms with Gasteiger partial charge in [-0.25, -0.2) is 0 Å². The van der Waals surface area contributed by atoms with Crippen LogP contribution < -0.4 is 4.90 Å². The number of anilines is 2. The number of benzene rings is 1. The third-order valence-corrected chi connectivity index (χ3v) is 2.63. The van der Waals surface area contributed by atoms with Gasteiger partial charge < -0.3 is 4.90 Å². The second kappa shape index (κ2) is 4.67. The molecule has 2 aromatic rings. The molecule has 84 valence electrons. The topological polar surface area (TPSA) is 39.9 Å². The first-order valence-electron chi connectivity index (χ1n) is 5.37. The van der Waals surface area contributed by atoms with Crippen molar-refractivity contribution < 1.29 is 0 Å². The van der Waals surface area contributed by atoms with Crippen molar-refractivity contribution in [2.24, 2.45) is 0 Å². The van der Waals surface area contributed by atoms with Crippen molar-refractivity contribution in [3.05, 3.63) is 53.9 Å². The van der Waals surface area contributed by atoms with Crippen LogP contribution >= 0.6 is 0 Å². The van der Waals surface area contributed by atoms with Gasteiger partial charge in [0.1, 0.15) is 0 Å². The highest BCUT2D eigenvalue weighted by molar-refractivity contribution is 5.63. The summed E-state index contributed by atoms with van der Waals surface area (Å²) < 4.78 is 0. The first-order valence-corrected chi connectivity index (χ1v) is 5.37. The summed E-state index contributed by atoms with van der Waals surface area (Å²) in [5.41, 5.74) is 3.70. The Balaban J connectivity index is 2.37. The Morgan fingerprint density at radius 2 is 1.94 bits per heavy atom. The van der Waals surface area contributed by atoms with Crippen LogP contribution in [-0.4, -0.2) is 12.0 Å². The largest absolute Gasteiger partial charge is 0.344 e. The molecule has 0 aliphatic rings. The molecule has 0 radical (unpaired) electrons. The molecule has 0 spiro atoms. The molecule has 0 aliphatic carbocycles. The van der Waals surface area contributed by atoms with Gasteiger partial charge in [0.2, 0.25) is 0 Å². The maximum Gasteiger partial charge on any atom is 0.0992 e. The summed E-state index contributed by atoms with van der Waals surface area (Å²) in [7, 11) is 1.98. The normalized spacial score (nSPS) is 9.71. The molecule has 1 aromatic carbocycles. The number of aromatic nitrogens is 1. The lowest BCUT2D eigenvalue weighted by Gasteiger charge is -2.19. The number of hydrogen-bond donors (Lipinski definition) is 0. The van der Waals surface area contributed by atoms with Gasteiger partial charge in [0, 0.05) is 30.3 Å². The Bertz CT molecular complexity index is 570. The molecule has 1 heterocycles. The van der Waals surface area contributed by atoms with Crippen molar-refractivity contribution in [1.29, 1.82) is 5.26 Å². The van der Waals surface area contributed by atoms with Crippen LogP contribution in [0.15, 0.2) is 42.6 Å². The van der Waals surface area contributed by atoms with Crippen LogP contribution in [0.2, 0.25) is 0 Å². The first-order chi connectivity index (χ1) is 8.20. The molecule has 0 unspecified atom stereocenters. The van der Waals surface area contributed by atoms with E-state index in [1.165, 1.54) is 0 Å². The lowest BCUT2D eigenvalue weighted by molar-refractivity contribution is 1.14. The van der Waals surface area contributed by atoms with Crippen LogP contribution in [0.25, 0.3) is 0 Å². The fraction of sp³-hybridized carbons (Fsp3) is 0.143. The fourth-order valence-electron chi connectivity index (χ4n) is 1.67. The maximum atomic E-state index is 8.88. The lowest BCUT2D eigenvalue weighted by Crippen LogP contribution is -2.09. The fourth-order valence-corrected chi connectivity index (χ4v) is 1.67. The minimum atomic E-state index is 0.667. The zero-order chi connectivity index (χ0) is 12.3. The lowest BCUT2D eigenvalue weighted by atomic mass is 10.2. The summed E-state index contributed by atoms with van der Waals surface area (Å²) in [6.45, 7) is 1.96. The smallest absolute Gasteiger partial charge is 0.0992 e. The van der Waals surface area contributed by atoms with Crippen molar-refractivity contribution in [1.82, 2.24) is 4.98 Å². The highest BCUT2D eigenvalue weighted by Gasteiger charge is 2.04. The van der Waals surface area contributed by atoms with Gasteiger partial charge in [-0.3, -0.25) is 4.98 Å². The van der Waals surface area contributed by atoms with Crippen LogP contribution in [0.3, 0.4) is 0 Å². The number of nitrogens with zero attached hydrogens (tertiary/aromatic N) is 3. The second-order valence-electron chi connectivity index (χ2n) is 3.88. The van der Waals surface area contributed by atoms with Gasteiger partial charge in [-0.2, -0.15) is 5.26 Å². The summed E-state index contributed by atoms with van der Waals surface area (Å²) >= 11 is 0. The van der Waals surface area contributed by atoms with Crippen LogP contribution in [-0.2, 0) is 0 Å². The van der Waals surface area contributed by atoms with Gasteiger partial charge in [-0.1, -0.05) is 6.07 Å². The molecular weight excluding hydrogens is 210 g/mol. The maximum absolute atomic E-state index is 8.88. The van der Waals surface area contributed by atoms with E-state index in [1.807, 2.05) is 49.2 Å². The number of pyridine rings is 1. The minimum absolute atomic E-state index is 0.667. The SMILES string of the molecule is Cc1cc(N(C)c2cccc(C#N)c2)ccn1. The molecule has 0 saturated carbocycles. The van der Waals surface area contributed by atoms with Crippen LogP contribution in [0.4, 0.5) is 11.4 Å². The molecule has 0 atom stereocenters. The molecule has 2 rings (SSSR count). The van der Waals surface area contributed by atoms with Crippen molar-refractivity contribution in [3.8, 4) is 6.07 Å². The highest BCUT2D eigenvalue weighted by Crippen LogP contribution is 2.23. The average molecular weight is 223 g/mol. The standard InChI is InChI=1S/C14H13N3/c1-11-8-14(6-7-16-11)17(2)13-5-3-4-12(9-13)10-15/h3-9H,1-2H3. The summed E-state index contributed by atoms with van der Waals surface area (Å²) in [6.07, 6.45) is 1.79. The number of rotatable bonds is 2. The summed E-state index contributed by atoms with van der Waals surface area (Å²) in [6, 6.07) is 13.7. The predicted molar refractivity (Wildman–Crippen MR) is 68.2 cm³/mol. The molecule has 0 aliphatic heterocycles. The predicted octanol–water partition coefficient (Wildman–Crippen LogP) is 3.03. The van der Waals surface area contributed by atoms with Gasteiger partial charge in [-0.15, -0.1) is 0 Å². The third-order valence-electron chi connectivity index (χ3n) is 2.63. The summed E-state index contributed by atoms with van der Waals surface area (Å²) in [5, 5.41) is 8.88.